The van der Waals surface area contributed by atoms with Crippen molar-refractivity contribution in [3.63, 3.8) is 0 Å². The van der Waals surface area contributed by atoms with Crippen LogP contribution in [-0.2, 0) is 0 Å². The quantitative estimate of drug-likeness (QED) is 0.858. The molecule has 0 unspecified atom stereocenters. The van der Waals surface area contributed by atoms with Crippen LogP contribution in [0.1, 0.15) is 0 Å². The molecule has 0 saturated carbocycles. The van der Waals surface area contributed by atoms with Gasteiger partial charge in [-0.05, 0) is 12.1 Å². The van der Waals surface area contributed by atoms with Gasteiger partial charge in [-0.25, -0.2) is 9.37 Å². The molecule has 0 spiro atoms. The second kappa shape index (κ2) is 5.31. The highest BCUT2D eigenvalue weighted by atomic mass is 35.5. The summed E-state index contributed by atoms with van der Waals surface area (Å²) in [7, 11) is 0. The maximum Gasteiger partial charge on any atom is 0.277 e. The summed E-state index contributed by atoms with van der Waals surface area (Å²) < 4.78 is 18.3. The largest absolute Gasteiger partial charge is 0.434 e. The van der Waals surface area contributed by atoms with E-state index in [-0.39, 0.29) is 29.7 Å². The minimum absolute atomic E-state index is 0. The van der Waals surface area contributed by atoms with E-state index in [0.717, 1.165) is 6.33 Å². The van der Waals surface area contributed by atoms with Crippen molar-refractivity contribution in [1.29, 1.82) is 0 Å². The van der Waals surface area contributed by atoms with Gasteiger partial charge in [0.05, 0.1) is 6.33 Å². The third-order valence-electron chi connectivity index (χ3n) is 1.90. The second-order valence-corrected chi connectivity index (χ2v) is 2.98. The van der Waals surface area contributed by atoms with E-state index < -0.39 is 11.4 Å². The summed E-state index contributed by atoms with van der Waals surface area (Å²) in [6.07, 6.45) is 1.13. The Bertz CT molecular complexity index is 573. The molecule has 1 heterocycles. The van der Waals surface area contributed by atoms with Crippen LogP contribution in [0.3, 0.4) is 0 Å². The first kappa shape index (κ1) is 13.0. The lowest BCUT2D eigenvalue weighted by Gasteiger charge is -2.06. The number of halogens is 2. The van der Waals surface area contributed by atoms with Crippen molar-refractivity contribution in [1.82, 2.24) is 9.97 Å². The summed E-state index contributed by atoms with van der Waals surface area (Å²) in [6, 6.07) is 5.77. The van der Waals surface area contributed by atoms with Crippen LogP contribution >= 0.6 is 12.4 Å². The molecule has 2 rings (SSSR count). The number of hydrogen-bond acceptors (Lipinski definition) is 4. The van der Waals surface area contributed by atoms with E-state index in [1.54, 1.807) is 6.07 Å². The number of H-pyrrole nitrogens is 1. The van der Waals surface area contributed by atoms with Gasteiger partial charge in [0.25, 0.3) is 5.56 Å². The van der Waals surface area contributed by atoms with Gasteiger partial charge >= 0.3 is 0 Å². The molecule has 1 aromatic carbocycles. The van der Waals surface area contributed by atoms with E-state index in [2.05, 4.69) is 9.97 Å². The highest BCUT2D eigenvalue weighted by Gasteiger charge is 2.09. The van der Waals surface area contributed by atoms with Crippen molar-refractivity contribution in [3.05, 3.63) is 46.8 Å². The first-order valence-corrected chi connectivity index (χ1v) is 4.44. The maximum atomic E-state index is 13.2. The molecule has 1 aromatic heterocycles. The molecule has 0 radical (unpaired) electrons. The zero-order chi connectivity index (χ0) is 11.5. The van der Waals surface area contributed by atoms with E-state index in [1.807, 2.05) is 0 Å². The van der Waals surface area contributed by atoms with E-state index >= 15 is 0 Å². The normalized spacial score (nSPS) is 9.47. The summed E-state index contributed by atoms with van der Waals surface area (Å²) in [5.41, 5.74) is 4.71. The van der Waals surface area contributed by atoms with Crippen LogP contribution in [0, 0.1) is 5.82 Å². The van der Waals surface area contributed by atoms with Crippen LogP contribution in [0.2, 0.25) is 0 Å². The molecular weight excluding hydrogens is 249 g/mol. The Hall–Kier alpha value is -2.08. The van der Waals surface area contributed by atoms with Crippen molar-refractivity contribution in [2.75, 3.05) is 5.73 Å². The van der Waals surface area contributed by atoms with Crippen molar-refractivity contribution in [3.8, 4) is 11.6 Å². The summed E-state index contributed by atoms with van der Waals surface area (Å²) in [5, 5.41) is 0. The SMILES string of the molecule is Cl.Nc1c(Oc2ccccc2F)nc[nH]c1=O. The number of para-hydroxylation sites is 1. The second-order valence-electron chi connectivity index (χ2n) is 2.98. The summed E-state index contributed by atoms with van der Waals surface area (Å²) in [6.45, 7) is 0. The van der Waals surface area contributed by atoms with Gasteiger partial charge in [-0.15, -0.1) is 12.4 Å². The number of nitrogens with two attached hydrogens (primary N) is 1. The predicted octanol–water partition coefficient (Wildman–Crippen LogP) is 1.71. The molecule has 0 atom stereocenters. The van der Waals surface area contributed by atoms with Gasteiger partial charge in [-0.1, -0.05) is 12.1 Å². The molecule has 0 aliphatic rings. The molecule has 0 fully saturated rings. The molecule has 90 valence electrons. The molecule has 0 amide bonds. The van der Waals surface area contributed by atoms with Crippen molar-refractivity contribution >= 4 is 18.1 Å². The fraction of sp³-hybridized carbons (Fsp3) is 0. The van der Waals surface area contributed by atoms with Gasteiger partial charge in [0.15, 0.2) is 17.3 Å². The molecular formula is C10H9ClFN3O2. The summed E-state index contributed by atoms with van der Waals surface area (Å²) in [5.74, 6) is -0.704. The number of anilines is 1. The summed E-state index contributed by atoms with van der Waals surface area (Å²) in [4.78, 5) is 17.1. The molecule has 0 bridgehead atoms. The molecule has 2 aromatic rings. The van der Waals surface area contributed by atoms with Crippen LogP contribution in [0.5, 0.6) is 11.6 Å². The smallest absolute Gasteiger partial charge is 0.277 e. The zero-order valence-electron chi connectivity index (χ0n) is 8.51. The Morgan fingerprint density at radius 2 is 2.06 bits per heavy atom. The molecule has 3 N–H and O–H groups in total. The number of aromatic amines is 1. The van der Waals surface area contributed by atoms with Crippen molar-refractivity contribution < 1.29 is 9.13 Å². The average Bonchev–Trinajstić information content (AvgIpc) is 2.28. The average molecular weight is 258 g/mol. The van der Waals surface area contributed by atoms with Crippen LogP contribution in [0.4, 0.5) is 10.1 Å². The predicted molar refractivity (Wildman–Crippen MR) is 63.0 cm³/mol. The fourth-order valence-electron chi connectivity index (χ4n) is 1.11. The Morgan fingerprint density at radius 3 is 2.76 bits per heavy atom. The van der Waals surface area contributed by atoms with Crippen LogP contribution < -0.4 is 16.0 Å². The Morgan fingerprint density at radius 1 is 1.35 bits per heavy atom. The van der Waals surface area contributed by atoms with E-state index in [4.69, 9.17) is 10.5 Å². The third-order valence-corrected chi connectivity index (χ3v) is 1.90. The number of nitrogen functional groups attached to an aromatic ring is 1. The Balaban J connectivity index is 0.00000144. The number of ether oxygens (including phenoxy) is 1. The fourth-order valence-corrected chi connectivity index (χ4v) is 1.11. The number of nitrogens with zero attached hydrogens (tertiary/aromatic N) is 1. The van der Waals surface area contributed by atoms with Gasteiger partial charge in [-0.2, -0.15) is 0 Å². The zero-order valence-corrected chi connectivity index (χ0v) is 9.33. The van der Waals surface area contributed by atoms with Crippen LogP contribution in [0.15, 0.2) is 35.4 Å². The van der Waals surface area contributed by atoms with E-state index in [1.165, 1.54) is 18.2 Å². The first-order chi connectivity index (χ1) is 7.68. The number of benzene rings is 1. The van der Waals surface area contributed by atoms with E-state index in [0.29, 0.717) is 0 Å². The molecule has 0 aliphatic heterocycles. The molecule has 7 heteroatoms. The van der Waals surface area contributed by atoms with E-state index in [9.17, 15) is 9.18 Å². The topological polar surface area (TPSA) is 81.0 Å². The molecule has 0 saturated heterocycles. The summed E-state index contributed by atoms with van der Waals surface area (Å²) >= 11 is 0. The standard InChI is InChI=1S/C10H8FN3O2.ClH/c11-6-3-1-2-4-7(6)16-10-8(12)9(15)13-5-14-10;/h1-5H,12H2,(H,13,14,15);1H. The van der Waals surface area contributed by atoms with Gasteiger partial charge in [0.1, 0.15) is 0 Å². The third kappa shape index (κ3) is 2.73. The van der Waals surface area contributed by atoms with Gasteiger partial charge < -0.3 is 15.5 Å². The number of nitrogens with one attached hydrogen (secondary N) is 1. The lowest BCUT2D eigenvalue weighted by atomic mass is 10.3. The highest BCUT2D eigenvalue weighted by Crippen LogP contribution is 2.24. The van der Waals surface area contributed by atoms with Gasteiger partial charge in [0, 0.05) is 0 Å². The van der Waals surface area contributed by atoms with Gasteiger partial charge in [0.2, 0.25) is 5.88 Å². The van der Waals surface area contributed by atoms with Crippen LogP contribution in [-0.4, -0.2) is 9.97 Å². The maximum absolute atomic E-state index is 13.2. The van der Waals surface area contributed by atoms with Crippen molar-refractivity contribution in [2.45, 2.75) is 0 Å². The minimum atomic E-state index is -0.552. The minimum Gasteiger partial charge on any atom is -0.434 e. The number of rotatable bonds is 2. The lowest BCUT2D eigenvalue weighted by Crippen LogP contribution is -2.13. The molecule has 0 aliphatic carbocycles. The first-order valence-electron chi connectivity index (χ1n) is 4.44. The van der Waals surface area contributed by atoms with Gasteiger partial charge in [-0.3, -0.25) is 4.79 Å². The Labute approximate surface area is 102 Å². The Kier molecular flexibility index (Phi) is 4.06. The molecule has 17 heavy (non-hydrogen) atoms. The number of hydrogen-bond donors (Lipinski definition) is 2. The monoisotopic (exact) mass is 257 g/mol. The van der Waals surface area contributed by atoms with Crippen molar-refractivity contribution in [2.24, 2.45) is 0 Å². The van der Waals surface area contributed by atoms with Crippen LogP contribution in [0.25, 0.3) is 0 Å². The highest BCUT2D eigenvalue weighted by molar-refractivity contribution is 5.85. The number of aromatic nitrogens is 2. The lowest BCUT2D eigenvalue weighted by molar-refractivity contribution is 0.428. The molecule has 5 nitrogen and oxygen atoms in total.